The van der Waals surface area contributed by atoms with E-state index in [0.29, 0.717) is 6.54 Å². The highest BCUT2D eigenvalue weighted by molar-refractivity contribution is 4.93. The molecule has 3 heteroatoms. The normalized spacial score (nSPS) is 13.3. The molecule has 15 heavy (non-hydrogen) atoms. The van der Waals surface area contributed by atoms with Crippen LogP contribution in [0, 0.1) is 5.41 Å². The molecule has 0 spiro atoms. The van der Waals surface area contributed by atoms with Gasteiger partial charge < -0.3 is 10.8 Å². The Labute approximate surface area is 94.0 Å². The van der Waals surface area contributed by atoms with Gasteiger partial charge in [0, 0.05) is 25.2 Å². The standard InChI is InChI=1S/C12H26N2O/c1-6-7-14(8-9-15)10-11(2,3)12(4,5)13/h6,15H,1,7-10,13H2,2-5H3. The molecule has 0 heterocycles. The van der Waals surface area contributed by atoms with E-state index in [4.69, 9.17) is 10.8 Å². The zero-order valence-corrected chi connectivity index (χ0v) is 10.6. The Bertz CT molecular complexity index is 194. The van der Waals surface area contributed by atoms with Gasteiger partial charge in [-0.15, -0.1) is 6.58 Å². The lowest BCUT2D eigenvalue weighted by Crippen LogP contribution is -2.53. The average Bonchev–Trinajstić information content (AvgIpc) is 2.02. The topological polar surface area (TPSA) is 49.5 Å². The lowest BCUT2D eigenvalue weighted by Gasteiger charge is -2.42. The van der Waals surface area contributed by atoms with E-state index in [2.05, 4.69) is 25.3 Å². The van der Waals surface area contributed by atoms with Crippen LogP contribution in [0.15, 0.2) is 12.7 Å². The molecular weight excluding hydrogens is 188 g/mol. The van der Waals surface area contributed by atoms with E-state index in [1.807, 2.05) is 19.9 Å². The van der Waals surface area contributed by atoms with Gasteiger partial charge in [0.1, 0.15) is 0 Å². The van der Waals surface area contributed by atoms with Crippen molar-refractivity contribution in [2.75, 3.05) is 26.2 Å². The second kappa shape index (κ2) is 5.64. The van der Waals surface area contributed by atoms with Gasteiger partial charge in [-0.2, -0.15) is 0 Å². The first-order chi connectivity index (χ1) is 6.74. The largest absolute Gasteiger partial charge is 0.395 e. The van der Waals surface area contributed by atoms with Gasteiger partial charge in [-0.05, 0) is 19.3 Å². The van der Waals surface area contributed by atoms with Crippen LogP contribution in [-0.2, 0) is 0 Å². The lowest BCUT2D eigenvalue weighted by atomic mass is 9.75. The SMILES string of the molecule is C=CCN(CCO)CC(C)(C)C(C)(C)N. The number of nitrogens with zero attached hydrogens (tertiary/aromatic N) is 1. The highest BCUT2D eigenvalue weighted by Gasteiger charge is 2.34. The Morgan fingerprint density at radius 3 is 2.20 bits per heavy atom. The van der Waals surface area contributed by atoms with Gasteiger partial charge in [-0.1, -0.05) is 19.9 Å². The molecule has 0 fully saturated rings. The molecule has 0 aromatic heterocycles. The average molecular weight is 214 g/mol. The molecule has 0 rings (SSSR count). The fourth-order valence-electron chi connectivity index (χ4n) is 1.32. The van der Waals surface area contributed by atoms with Crippen LogP contribution in [0.2, 0.25) is 0 Å². The predicted octanol–water partition coefficient (Wildman–Crippen LogP) is 1.23. The molecule has 0 aromatic carbocycles. The first kappa shape index (κ1) is 14.6. The summed E-state index contributed by atoms with van der Waals surface area (Å²) in [6, 6.07) is 0. The Kier molecular flexibility index (Phi) is 5.49. The Morgan fingerprint density at radius 2 is 1.87 bits per heavy atom. The summed E-state index contributed by atoms with van der Waals surface area (Å²) >= 11 is 0. The summed E-state index contributed by atoms with van der Waals surface area (Å²) in [6.07, 6.45) is 1.86. The molecule has 0 aromatic rings. The molecule has 0 aliphatic carbocycles. The van der Waals surface area contributed by atoms with Crippen molar-refractivity contribution < 1.29 is 5.11 Å². The van der Waals surface area contributed by atoms with Crippen molar-refractivity contribution in [3.8, 4) is 0 Å². The maximum absolute atomic E-state index is 8.96. The smallest absolute Gasteiger partial charge is 0.0558 e. The Morgan fingerprint density at radius 1 is 1.33 bits per heavy atom. The van der Waals surface area contributed by atoms with Crippen molar-refractivity contribution in [1.82, 2.24) is 4.90 Å². The summed E-state index contributed by atoms with van der Waals surface area (Å²) in [4.78, 5) is 2.17. The molecule has 3 N–H and O–H groups in total. The third-order valence-corrected chi connectivity index (χ3v) is 3.17. The summed E-state index contributed by atoms with van der Waals surface area (Å²) in [5.74, 6) is 0. The summed E-state index contributed by atoms with van der Waals surface area (Å²) in [5.41, 5.74) is 5.91. The van der Waals surface area contributed by atoms with Crippen LogP contribution in [0.25, 0.3) is 0 Å². The van der Waals surface area contributed by atoms with Crippen LogP contribution in [0.4, 0.5) is 0 Å². The minimum Gasteiger partial charge on any atom is -0.395 e. The van der Waals surface area contributed by atoms with Crippen molar-refractivity contribution in [2.24, 2.45) is 11.1 Å². The van der Waals surface area contributed by atoms with Crippen LogP contribution in [-0.4, -0.2) is 41.8 Å². The number of aliphatic hydroxyl groups is 1. The van der Waals surface area contributed by atoms with Gasteiger partial charge in [0.15, 0.2) is 0 Å². The van der Waals surface area contributed by atoms with Crippen molar-refractivity contribution >= 4 is 0 Å². The minimum atomic E-state index is -0.234. The molecule has 0 amide bonds. The minimum absolute atomic E-state index is 0.00514. The summed E-state index contributed by atoms with van der Waals surface area (Å²) in [7, 11) is 0. The van der Waals surface area contributed by atoms with Crippen LogP contribution in [0.1, 0.15) is 27.7 Å². The summed E-state index contributed by atoms with van der Waals surface area (Å²) in [6.45, 7) is 14.6. The van der Waals surface area contributed by atoms with Gasteiger partial charge in [0.2, 0.25) is 0 Å². The molecule has 0 saturated heterocycles. The van der Waals surface area contributed by atoms with E-state index in [1.165, 1.54) is 0 Å². The number of rotatable bonds is 7. The summed E-state index contributed by atoms with van der Waals surface area (Å²) < 4.78 is 0. The third kappa shape index (κ3) is 4.78. The molecule has 0 aliphatic heterocycles. The zero-order chi connectivity index (χ0) is 12.1. The zero-order valence-electron chi connectivity index (χ0n) is 10.6. The van der Waals surface area contributed by atoms with E-state index in [-0.39, 0.29) is 17.6 Å². The van der Waals surface area contributed by atoms with Crippen LogP contribution in [0.3, 0.4) is 0 Å². The number of hydrogen-bond donors (Lipinski definition) is 2. The van der Waals surface area contributed by atoms with Crippen molar-refractivity contribution in [2.45, 2.75) is 33.2 Å². The molecule has 0 atom stereocenters. The number of nitrogens with two attached hydrogens (primary N) is 1. The quantitative estimate of drug-likeness (QED) is 0.627. The second-order valence-electron chi connectivity index (χ2n) is 5.35. The predicted molar refractivity (Wildman–Crippen MR) is 65.8 cm³/mol. The van der Waals surface area contributed by atoms with Gasteiger partial charge in [0.25, 0.3) is 0 Å². The van der Waals surface area contributed by atoms with E-state index in [9.17, 15) is 0 Å². The van der Waals surface area contributed by atoms with Gasteiger partial charge >= 0.3 is 0 Å². The van der Waals surface area contributed by atoms with Crippen LogP contribution < -0.4 is 5.73 Å². The second-order valence-corrected chi connectivity index (χ2v) is 5.35. The third-order valence-electron chi connectivity index (χ3n) is 3.17. The molecule has 0 unspecified atom stereocenters. The highest BCUT2D eigenvalue weighted by Crippen LogP contribution is 2.29. The van der Waals surface area contributed by atoms with Gasteiger partial charge in [-0.25, -0.2) is 0 Å². The van der Waals surface area contributed by atoms with E-state index in [0.717, 1.165) is 13.1 Å². The van der Waals surface area contributed by atoms with Gasteiger partial charge in [0.05, 0.1) is 6.61 Å². The highest BCUT2D eigenvalue weighted by atomic mass is 16.3. The van der Waals surface area contributed by atoms with Crippen molar-refractivity contribution in [1.29, 1.82) is 0 Å². The van der Waals surface area contributed by atoms with Gasteiger partial charge in [-0.3, -0.25) is 4.90 Å². The fourth-order valence-corrected chi connectivity index (χ4v) is 1.32. The monoisotopic (exact) mass is 214 g/mol. The molecule has 0 saturated carbocycles. The molecule has 0 aliphatic rings. The van der Waals surface area contributed by atoms with Crippen LogP contribution in [0.5, 0.6) is 0 Å². The van der Waals surface area contributed by atoms with Crippen molar-refractivity contribution in [3.63, 3.8) is 0 Å². The van der Waals surface area contributed by atoms with Crippen molar-refractivity contribution in [3.05, 3.63) is 12.7 Å². The van der Waals surface area contributed by atoms with E-state index in [1.54, 1.807) is 0 Å². The Balaban J connectivity index is 4.43. The maximum Gasteiger partial charge on any atom is 0.0558 e. The Hall–Kier alpha value is -0.380. The number of aliphatic hydroxyl groups excluding tert-OH is 1. The fraction of sp³-hybridized carbons (Fsp3) is 0.833. The first-order valence-electron chi connectivity index (χ1n) is 5.47. The first-order valence-corrected chi connectivity index (χ1v) is 5.47. The molecule has 0 bridgehead atoms. The maximum atomic E-state index is 8.96. The molecular formula is C12H26N2O. The van der Waals surface area contributed by atoms with E-state index >= 15 is 0 Å². The van der Waals surface area contributed by atoms with Crippen LogP contribution >= 0.6 is 0 Å². The molecule has 3 nitrogen and oxygen atoms in total. The number of hydrogen-bond acceptors (Lipinski definition) is 3. The molecule has 0 radical (unpaired) electrons. The lowest BCUT2D eigenvalue weighted by molar-refractivity contribution is 0.106. The van der Waals surface area contributed by atoms with E-state index < -0.39 is 0 Å². The molecule has 90 valence electrons. The summed E-state index contributed by atoms with van der Waals surface area (Å²) in [5, 5.41) is 8.96.